The van der Waals surface area contributed by atoms with Crippen LogP contribution in [-0.2, 0) is 14.3 Å². The maximum atomic E-state index is 13.4. The van der Waals surface area contributed by atoms with Crippen molar-refractivity contribution >= 4 is 17.6 Å². The van der Waals surface area contributed by atoms with Gasteiger partial charge in [0.2, 0.25) is 5.91 Å². The van der Waals surface area contributed by atoms with Gasteiger partial charge in [-0.1, -0.05) is 0 Å². The second-order valence-corrected chi connectivity index (χ2v) is 4.47. The summed E-state index contributed by atoms with van der Waals surface area (Å²) in [6.07, 6.45) is 0.169. The first-order valence-electron chi connectivity index (χ1n) is 6.51. The van der Waals surface area contributed by atoms with Crippen molar-refractivity contribution in [2.45, 2.75) is 13.3 Å². The van der Waals surface area contributed by atoms with Crippen molar-refractivity contribution in [2.24, 2.45) is 0 Å². The minimum atomic E-state index is -0.836. The average molecular weight is 300 g/mol. The predicted molar refractivity (Wildman–Crippen MR) is 73.7 cm³/mol. The first-order valence-corrected chi connectivity index (χ1v) is 6.51. The molecular weight excluding hydrogens is 282 g/mol. The van der Waals surface area contributed by atoms with Crippen LogP contribution in [0.25, 0.3) is 0 Å². The number of rotatable bonds is 7. The van der Waals surface area contributed by atoms with Gasteiger partial charge in [0.1, 0.15) is 11.6 Å². The number of carbonyl (C=O) groups is 2. The molecule has 1 amide bonds. The third-order valence-corrected chi connectivity index (χ3v) is 2.62. The summed E-state index contributed by atoms with van der Waals surface area (Å²) in [4.78, 5) is 24.5. The number of likely N-dealkylation sites (N-methyl/N-ethyl adjacent to an activating group) is 1. The lowest BCUT2D eigenvalue weighted by atomic mass is 10.3. The molecule has 0 heterocycles. The fraction of sp³-hybridized carbons (Fsp3) is 0.429. The van der Waals surface area contributed by atoms with Gasteiger partial charge >= 0.3 is 5.97 Å². The molecule has 0 aliphatic carbocycles. The Labute approximate surface area is 121 Å². The molecule has 21 heavy (non-hydrogen) atoms. The minimum Gasteiger partial charge on any atom is -0.466 e. The summed E-state index contributed by atoms with van der Waals surface area (Å²) in [5.41, 5.74) is -0.0832. The van der Waals surface area contributed by atoms with Crippen molar-refractivity contribution in [3.63, 3.8) is 0 Å². The molecule has 7 heteroatoms. The van der Waals surface area contributed by atoms with E-state index in [1.807, 2.05) is 0 Å². The number of anilines is 1. The fourth-order valence-corrected chi connectivity index (χ4v) is 1.62. The predicted octanol–water partition coefficient (Wildman–Crippen LogP) is 1.79. The van der Waals surface area contributed by atoms with Crippen molar-refractivity contribution < 1.29 is 23.1 Å². The zero-order valence-electron chi connectivity index (χ0n) is 12.0. The number of amides is 1. The smallest absolute Gasteiger partial charge is 0.307 e. The lowest BCUT2D eigenvalue weighted by molar-refractivity contribution is -0.143. The van der Waals surface area contributed by atoms with E-state index in [1.54, 1.807) is 18.9 Å². The van der Waals surface area contributed by atoms with E-state index in [2.05, 4.69) is 5.32 Å². The molecular formula is C14H18F2N2O3. The molecule has 0 spiro atoms. The first-order chi connectivity index (χ1) is 9.92. The molecule has 0 saturated carbocycles. The SMILES string of the molecule is CCOC(=O)CCN(C)CC(=O)Nc1ccc(F)cc1F. The molecule has 0 aliphatic rings. The standard InChI is InChI=1S/C14H18F2N2O3/c1-3-21-14(20)6-7-18(2)9-13(19)17-12-5-4-10(15)8-11(12)16/h4-5,8H,3,6-7,9H2,1-2H3,(H,17,19). The van der Waals surface area contributed by atoms with Crippen molar-refractivity contribution in [3.8, 4) is 0 Å². The van der Waals surface area contributed by atoms with Gasteiger partial charge in [0.05, 0.1) is 25.3 Å². The molecule has 1 aromatic carbocycles. The molecule has 0 atom stereocenters. The van der Waals surface area contributed by atoms with E-state index in [9.17, 15) is 18.4 Å². The second kappa shape index (κ2) is 8.31. The quantitative estimate of drug-likeness (QED) is 0.780. The van der Waals surface area contributed by atoms with Crippen LogP contribution in [0.1, 0.15) is 13.3 Å². The van der Waals surface area contributed by atoms with Gasteiger partial charge in [0, 0.05) is 12.6 Å². The minimum absolute atomic E-state index is 0.0176. The number of carbonyl (C=O) groups excluding carboxylic acids is 2. The maximum absolute atomic E-state index is 13.4. The summed E-state index contributed by atoms with van der Waals surface area (Å²) >= 11 is 0. The molecule has 0 fully saturated rings. The highest BCUT2D eigenvalue weighted by atomic mass is 19.1. The lowest BCUT2D eigenvalue weighted by Crippen LogP contribution is -2.32. The summed E-state index contributed by atoms with van der Waals surface area (Å²) in [6.45, 7) is 2.35. The van der Waals surface area contributed by atoms with Crippen LogP contribution in [-0.4, -0.2) is 43.5 Å². The normalized spacial score (nSPS) is 10.5. The molecule has 0 unspecified atom stereocenters. The number of benzene rings is 1. The van der Waals surface area contributed by atoms with E-state index < -0.39 is 17.5 Å². The van der Waals surface area contributed by atoms with Crippen molar-refractivity contribution in [1.29, 1.82) is 0 Å². The highest BCUT2D eigenvalue weighted by Gasteiger charge is 2.11. The Kier molecular flexibility index (Phi) is 6.74. The molecule has 0 saturated heterocycles. The Bertz CT molecular complexity index is 509. The van der Waals surface area contributed by atoms with Crippen LogP contribution in [0.5, 0.6) is 0 Å². The van der Waals surface area contributed by atoms with E-state index in [0.29, 0.717) is 19.2 Å². The van der Waals surface area contributed by atoms with Crippen LogP contribution in [0.4, 0.5) is 14.5 Å². The number of hydrogen-bond donors (Lipinski definition) is 1. The Morgan fingerprint density at radius 2 is 2.05 bits per heavy atom. The van der Waals surface area contributed by atoms with Crippen molar-refractivity contribution in [3.05, 3.63) is 29.8 Å². The van der Waals surface area contributed by atoms with E-state index in [-0.39, 0.29) is 24.6 Å². The fourth-order valence-electron chi connectivity index (χ4n) is 1.62. The number of ether oxygens (including phenoxy) is 1. The largest absolute Gasteiger partial charge is 0.466 e. The summed E-state index contributed by atoms with van der Waals surface area (Å²) in [6, 6.07) is 2.91. The van der Waals surface area contributed by atoms with E-state index in [0.717, 1.165) is 12.1 Å². The summed E-state index contributed by atoms with van der Waals surface area (Å²) in [7, 11) is 1.65. The highest BCUT2D eigenvalue weighted by Crippen LogP contribution is 2.14. The van der Waals surface area contributed by atoms with Gasteiger partial charge in [-0.05, 0) is 26.1 Å². The van der Waals surface area contributed by atoms with Crippen LogP contribution in [0.3, 0.4) is 0 Å². The van der Waals surface area contributed by atoms with Crippen molar-refractivity contribution in [2.75, 3.05) is 32.1 Å². The molecule has 0 aromatic heterocycles. The number of halogens is 2. The van der Waals surface area contributed by atoms with E-state index in [1.165, 1.54) is 0 Å². The zero-order valence-corrected chi connectivity index (χ0v) is 12.0. The topological polar surface area (TPSA) is 58.6 Å². The molecule has 0 radical (unpaired) electrons. The van der Waals surface area contributed by atoms with E-state index in [4.69, 9.17) is 4.74 Å². The Morgan fingerprint density at radius 3 is 2.67 bits per heavy atom. The van der Waals surface area contributed by atoms with Crippen LogP contribution >= 0.6 is 0 Å². The lowest BCUT2D eigenvalue weighted by Gasteiger charge is -2.15. The monoisotopic (exact) mass is 300 g/mol. The average Bonchev–Trinajstić information content (AvgIpc) is 2.40. The summed E-state index contributed by atoms with van der Waals surface area (Å²) in [5, 5.41) is 2.34. The third-order valence-electron chi connectivity index (χ3n) is 2.62. The maximum Gasteiger partial charge on any atom is 0.307 e. The van der Waals surface area contributed by atoms with Gasteiger partial charge in [0.15, 0.2) is 0 Å². The number of hydrogen-bond acceptors (Lipinski definition) is 4. The van der Waals surface area contributed by atoms with Gasteiger partial charge in [-0.25, -0.2) is 8.78 Å². The Balaban J connectivity index is 2.40. The second-order valence-electron chi connectivity index (χ2n) is 4.47. The highest BCUT2D eigenvalue weighted by molar-refractivity contribution is 5.92. The molecule has 1 rings (SSSR count). The first kappa shape index (κ1) is 17.0. The number of nitrogens with one attached hydrogen (secondary N) is 1. The number of nitrogens with zero attached hydrogens (tertiary/aromatic N) is 1. The number of esters is 1. The summed E-state index contributed by atoms with van der Waals surface area (Å²) < 4.78 is 30.9. The molecule has 116 valence electrons. The van der Waals surface area contributed by atoms with Crippen LogP contribution in [0.15, 0.2) is 18.2 Å². The van der Waals surface area contributed by atoms with Crippen LogP contribution < -0.4 is 5.32 Å². The molecule has 0 bridgehead atoms. The molecule has 1 aromatic rings. The third kappa shape index (κ3) is 6.31. The van der Waals surface area contributed by atoms with E-state index >= 15 is 0 Å². The van der Waals surface area contributed by atoms with Crippen LogP contribution in [0, 0.1) is 11.6 Å². The van der Waals surface area contributed by atoms with Crippen LogP contribution in [0.2, 0.25) is 0 Å². The van der Waals surface area contributed by atoms with Gasteiger partial charge in [-0.15, -0.1) is 0 Å². The summed E-state index contributed by atoms with van der Waals surface area (Å²) in [5.74, 6) is -2.34. The molecule has 0 aliphatic heterocycles. The Hall–Kier alpha value is -2.02. The van der Waals surface area contributed by atoms with Gasteiger partial charge in [-0.3, -0.25) is 14.5 Å². The van der Waals surface area contributed by atoms with Crippen molar-refractivity contribution in [1.82, 2.24) is 4.90 Å². The molecule has 5 nitrogen and oxygen atoms in total. The van der Waals surface area contributed by atoms with Gasteiger partial charge < -0.3 is 10.1 Å². The molecule has 1 N–H and O–H groups in total. The Morgan fingerprint density at radius 1 is 1.33 bits per heavy atom. The van der Waals surface area contributed by atoms with Gasteiger partial charge in [0.25, 0.3) is 0 Å². The zero-order chi connectivity index (χ0) is 15.8. The van der Waals surface area contributed by atoms with Gasteiger partial charge in [-0.2, -0.15) is 0 Å².